The Morgan fingerprint density at radius 1 is 0.917 bits per heavy atom. The molecule has 2 amide bonds. The Morgan fingerprint density at radius 2 is 1.62 bits per heavy atom. The second-order valence-electron chi connectivity index (χ2n) is 6.24. The van der Waals surface area contributed by atoms with Crippen LogP contribution in [0, 0.1) is 0 Å². The van der Waals surface area contributed by atoms with Gasteiger partial charge in [-0.1, -0.05) is 18.2 Å². The predicted molar refractivity (Wildman–Crippen MR) is 93.2 cm³/mol. The monoisotopic (exact) mass is 321 g/mol. The van der Waals surface area contributed by atoms with Crippen molar-refractivity contribution in [3.63, 3.8) is 0 Å². The molecule has 0 fully saturated rings. The number of hydrogen-bond acceptors (Lipinski definition) is 4. The van der Waals surface area contributed by atoms with Crippen LogP contribution in [0.2, 0.25) is 0 Å². The summed E-state index contributed by atoms with van der Waals surface area (Å²) in [5.74, 6) is -0.388. The zero-order chi connectivity index (χ0) is 16.7. The van der Waals surface area contributed by atoms with E-state index < -0.39 is 0 Å². The highest BCUT2D eigenvalue weighted by molar-refractivity contribution is 6.21. The Balaban J connectivity index is 1.53. The minimum atomic E-state index is -0.194. The van der Waals surface area contributed by atoms with Crippen molar-refractivity contribution in [3.8, 4) is 0 Å². The van der Waals surface area contributed by atoms with E-state index in [1.54, 1.807) is 24.3 Å². The molecule has 0 unspecified atom stereocenters. The third-order valence-corrected chi connectivity index (χ3v) is 4.85. The Labute approximate surface area is 140 Å². The highest BCUT2D eigenvalue weighted by Gasteiger charge is 2.35. The minimum Gasteiger partial charge on any atom is -0.398 e. The van der Waals surface area contributed by atoms with Crippen molar-refractivity contribution >= 4 is 23.2 Å². The number of fused-ring (bicyclic) bond motifs is 2. The highest BCUT2D eigenvalue weighted by Crippen LogP contribution is 2.31. The van der Waals surface area contributed by atoms with Crippen LogP contribution in [-0.2, 0) is 6.42 Å². The van der Waals surface area contributed by atoms with Gasteiger partial charge in [0.25, 0.3) is 11.8 Å². The molecule has 0 aromatic heterocycles. The van der Waals surface area contributed by atoms with Crippen molar-refractivity contribution in [2.45, 2.75) is 12.8 Å². The van der Waals surface area contributed by atoms with Gasteiger partial charge in [-0.15, -0.1) is 0 Å². The van der Waals surface area contributed by atoms with Crippen LogP contribution in [0.3, 0.4) is 0 Å². The van der Waals surface area contributed by atoms with Crippen LogP contribution >= 0.6 is 0 Å². The fourth-order valence-electron chi connectivity index (χ4n) is 3.62. The lowest BCUT2D eigenvalue weighted by Crippen LogP contribution is -2.40. The molecule has 5 heteroatoms. The summed E-state index contributed by atoms with van der Waals surface area (Å²) in [5, 5.41) is 0. The van der Waals surface area contributed by atoms with Gasteiger partial charge in [-0.25, -0.2) is 0 Å². The van der Waals surface area contributed by atoms with Crippen molar-refractivity contribution in [1.82, 2.24) is 4.90 Å². The Morgan fingerprint density at radius 3 is 2.33 bits per heavy atom. The molecule has 2 aromatic carbocycles. The summed E-state index contributed by atoms with van der Waals surface area (Å²) in [6, 6.07) is 12.9. The molecule has 122 valence electrons. The van der Waals surface area contributed by atoms with Crippen molar-refractivity contribution in [2.24, 2.45) is 0 Å². The maximum absolute atomic E-state index is 12.4. The molecule has 0 saturated carbocycles. The maximum atomic E-state index is 12.4. The summed E-state index contributed by atoms with van der Waals surface area (Å²) >= 11 is 0. The second kappa shape index (κ2) is 5.67. The summed E-state index contributed by atoms with van der Waals surface area (Å²) in [6.45, 7) is 1.93. The Hall–Kier alpha value is -2.82. The zero-order valence-corrected chi connectivity index (χ0v) is 13.4. The smallest absolute Gasteiger partial charge is 0.261 e. The van der Waals surface area contributed by atoms with Gasteiger partial charge in [-0.3, -0.25) is 14.5 Å². The number of imide groups is 1. The molecule has 2 N–H and O–H groups in total. The van der Waals surface area contributed by atoms with Crippen molar-refractivity contribution in [1.29, 1.82) is 0 Å². The van der Waals surface area contributed by atoms with Gasteiger partial charge in [0.2, 0.25) is 0 Å². The van der Waals surface area contributed by atoms with Crippen molar-refractivity contribution < 1.29 is 9.59 Å². The number of nitrogens with two attached hydrogens (primary N) is 1. The summed E-state index contributed by atoms with van der Waals surface area (Å²) < 4.78 is 0. The van der Waals surface area contributed by atoms with Gasteiger partial charge in [0, 0.05) is 31.0 Å². The number of nitrogen functional groups attached to an aromatic ring is 1. The molecule has 2 heterocycles. The first-order valence-electron chi connectivity index (χ1n) is 8.24. The first-order chi connectivity index (χ1) is 11.7. The average Bonchev–Trinajstić information content (AvgIpc) is 2.85. The quantitative estimate of drug-likeness (QED) is 0.696. The zero-order valence-electron chi connectivity index (χ0n) is 13.4. The average molecular weight is 321 g/mol. The van der Waals surface area contributed by atoms with E-state index in [0.717, 1.165) is 30.8 Å². The third-order valence-electron chi connectivity index (χ3n) is 4.85. The van der Waals surface area contributed by atoms with Crippen LogP contribution in [0.5, 0.6) is 0 Å². The van der Waals surface area contributed by atoms with Crippen LogP contribution in [0.4, 0.5) is 11.4 Å². The van der Waals surface area contributed by atoms with E-state index in [1.165, 1.54) is 10.5 Å². The van der Waals surface area contributed by atoms with Crippen LogP contribution in [0.25, 0.3) is 0 Å². The van der Waals surface area contributed by atoms with Crippen LogP contribution < -0.4 is 10.6 Å². The normalized spacial score (nSPS) is 16.3. The molecule has 0 radical (unpaired) electrons. The SMILES string of the molecule is Nc1cccc2c1CCCN2CCN1C(=O)c2ccccc2C1=O. The molecule has 2 aliphatic heterocycles. The van der Waals surface area contributed by atoms with Crippen LogP contribution in [0.1, 0.15) is 32.7 Å². The van der Waals surface area contributed by atoms with E-state index in [2.05, 4.69) is 11.0 Å². The van der Waals surface area contributed by atoms with E-state index >= 15 is 0 Å². The summed E-state index contributed by atoms with van der Waals surface area (Å²) in [5.41, 5.74) is 10.2. The first kappa shape index (κ1) is 14.8. The number of anilines is 2. The molecule has 5 nitrogen and oxygen atoms in total. The lowest BCUT2D eigenvalue weighted by Gasteiger charge is -2.33. The number of carbonyl (C=O) groups excluding carboxylic acids is 2. The maximum Gasteiger partial charge on any atom is 0.261 e. The number of nitrogens with zero attached hydrogens (tertiary/aromatic N) is 2. The number of amides is 2. The summed E-state index contributed by atoms with van der Waals surface area (Å²) in [7, 11) is 0. The molecule has 0 bridgehead atoms. The van der Waals surface area contributed by atoms with E-state index in [4.69, 9.17) is 5.73 Å². The predicted octanol–water partition coefficient (Wildman–Crippen LogP) is 2.32. The first-order valence-corrected chi connectivity index (χ1v) is 8.24. The Kier molecular flexibility index (Phi) is 3.49. The molecular formula is C19H19N3O2. The molecule has 2 aromatic rings. The summed E-state index contributed by atoms with van der Waals surface area (Å²) in [4.78, 5) is 28.5. The van der Waals surface area contributed by atoms with E-state index in [1.807, 2.05) is 12.1 Å². The number of carbonyl (C=O) groups is 2. The summed E-state index contributed by atoms with van der Waals surface area (Å²) in [6.07, 6.45) is 2.01. The standard InChI is InChI=1S/C19H19N3O2/c20-16-8-3-9-17-15(16)7-4-10-21(17)11-12-22-18(23)13-5-1-2-6-14(13)19(22)24/h1-3,5-6,8-9H,4,7,10-12,20H2. The molecule has 24 heavy (non-hydrogen) atoms. The molecule has 2 aliphatic rings. The molecule has 0 atom stereocenters. The lowest BCUT2D eigenvalue weighted by atomic mass is 10.00. The molecule has 0 aliphatic carbocycles. The molecule has 4 rings (SSSR count). The topological polar surface area (TPSA) is 66.6 Å². The van der Waals surface area contributed by atoms with Crippen LogP contribution in [0.15, 0.2) is 42.5 Å². The van der Waals surface area contributed by atoms with Gasteiger partial charge < -0.3 is 10.6 Å². The molecule has 0 saturated heterocycles. The van der Waals surface area contributed by atoms with Gasteiger partial charge in [0.1, 0.15) is 0 Å². The van der Waals surface area contributed by atoms with Gasteiger partial charge in [0.05, 0.1) is 11.1 Å². The van der Waals surface area contributed by atoms with E-state index in [-0.39, 0.29) is 11.8 Å². The minimum absolute atomic E-state index is 0.194. The third kappa shape index (κ3) is 2.24. The van der Waals surface area contributed by atoms with Crippen molar-refractivity contribution in [3.05, 3.63) is 59.2 Å². The number of hydrogen-bond donors (Lipinski definition) is 1. The fraction of sp³-hybridized carbons (Fsp3) is 0.263. The molecular weight excluding hydrogens is 302 g/mol. The Bertz CT molecular complexity index is 796. The van der Waals surface area contributed by atoms with Crippen LogP contribution in [-0.4, -0.2) is 36.3 Å². The van der Waals surface area contributed by atoms with Gasteiger partial charge in [-0.2, -0.15) is 0 Å². The van der Waals surface area contributed by atoms with Gasteiger partial charge >= 0.3 is 0 Å². The van der Waals surface area contributed by atoms with E-state index in [0.29, 0.717) is 24.2 Å². The largest absolute Gasteiger partial charge is 0.398 e. The second-order valence-corrected chi connectivity index (χ2v) is 6.24. The van der Waals surface area contributed by atoms with Gasteiger partial charge in [0.15, 0.2) is 0 Å². The molecule has 0 spiro atoms. The number of rotatable bonds is 3. The lowest BCUT2D eigenvalue weighted by molar-refractivity contribution is 0.0658. The van der Waals surface area contributed by atoms with E-state index in [9.17, 15) is 9.59 Å². The van der Waals surface area contributed by atoms with Gasteiger partial charge in [-0.05, 0) is 42.7 Å². The van der Waals surface area contributed by atoms with Crippen molar-refractivity contribution in [2.75, 3.05) is 30.3 Å². The number of benzene rings is 2. The fourth-order valence-corrected chi connectivity index (χ4v) is 3.62. The highest BCUT2D eigenvalue weighted by atomic mass is 16.2.